The minimum atomic E-state index is -0.460. The van der Waals surface area contributed by atoms with Crippen LogP contribution in [0.1, 0.15) is 25.7 Å². The summed E-state index contributed by atoms with van der Waals surface area (Å²) < 4.78 is 1.20. The molecule has 0 bridgehead atoms. The Balaban J connectivity index is 1.96. The van der Waals surface area contributed by atoms with E-state index in [4.69, 9.17) is 34.8 Å². The van der Waals surface area contributed by atoms with E-state index in [1.807, 2.05) is 12.1 Å². The molecule has 23 heavy (non-hydrogen) atoms. The van der Waals surface area contributed by atoms with Gasteiger partial charge in [-0.2, -0.15) is 9.78 Å². The monoisotopic (exact) mass is 371 g/mol. The van der Waals surface area contributed by atoms with Crippen LogP contribution >= 0.6 is 34.8 Å². The van der Waals surface area contributed by atoms with Gasteiger partial charge in [0.2, 0.25) is 0 Å². The minimum absolute atomic E-state index is 0.0469. The predicted molar refractivity (Wildman–Crippen MR) is 95.5 cm³/mol. The molecule has 0 unspecified atom stereocenters. The first-order chi connectivity index (χ1) is 11.1. The van der Waals surface area contributed by atoms with Gasteiger partial charge in [0.1, 0.15) is 5.02 Å². The molecule has 1 aromatic carbocycles. The molecule has 4 nitrogen and oxygen atoms in total. The molecule has 2 aromatic rings. The van der Waals surface area contributed by atoms with Crippen molar-refractivity contribution in [1.29, 1.82) is 0 Å². The van der Waals surface area contributed by atoms with E-state index in [-0.39, 0.29) is 10.0 Å². The molecule has 0 aliphatic carbocycles. The van der Waals surface area contributed by atoms with E-state index in [0.717, 1.165) is 18.8 Å². The highest BCUT2D eigenvalue weighted by molar-refractivity contribution is 6.41. The molecule has 0 saturated carbocycles. The van der Waals surface area contributed by atoms with Crippen LogP contribution in [0.5, 0.6) is 0 Å². The molecule has 1 aliphatic rings. The topological polar surface area (TPSA) is 38.1 Å². The summed E-state index contributed by atoms with van der Waals surface area (Å²) in [6.45, 7) is 2.01. The van der Waals surface area contributed by atoms with Crippen LogP contribution in [-0.4, -0.2) is 22.9 Å². The van der Waals surface area contributed by atoms with Gasteiger partial charge in [-0.05, 0) is 31.0 Å². The molecule has 0 spiro atoms. The van der Waals surface area contributed by atoms with Gasteiger partial charge in [-0.25, -0.2) is 0 Å². The van der Waals surface area contributed by atoms with E-state index in [1.54, 1.807) is 6.07 Å². The molecule has 1 fully saturated rings. The number of rotatable bonds is 2. The number of nitrogens with zero attached hydrogens (tertiary/aromatic N) is 3. The van der Waals surface area contributed by atoms with E-state index in [0.29, 0.717) is 10.7 Å². The molecular weight excluding hydrogens is 357 g/mol. The van der Waals surface area contributed by atoms with Crippen LogP contribution in [-0.2, 0) is 0 Å². The average Bonchev–Trinajstić information content (AvgIpc) is 2.82. The first-order valence-corrected chi connectivity index (χ1v) is 8.69. The summed E-state index contributed by atoms with van der Waals surface area (Å²) in [5, 5.41) is 4.72. The Morgan fingerprint density at radius 3 is 2.30 bits per heavy atom. The van der Waals surface area contributed by atoms with E-state index in [2.05, 4.69) is 10.00 Å². The smallest absolute Gasteiger partial charge is 0.291 e. The first-order valence-electron chi connectivity index (χ1n) is 7.56. The van der Waals surface area contributed by atoms with E-state index in [1.165, 1.54) is 36.6 Å². The van der Waals surface area contributed by atoms with Crippen LogP contribution < -0.4 is 10.5 Å². The summed E-state index contributed by atoms with van der Waals surface area (Å²) in [6.07, 6.45) is 6.21. The summed E-state index contributed by atoms with van der Waals surface area (Å²) in [5.41, 5.74) is 1.10. The van der Waals surface area contributed by atoms with E-state index >= 15 is 0 Å². The van der Waals surface area contributed by atoms with Crippen LogP contribution in [0.3, 0.4) is 0 Å². The third kappa shape index (κ3) is 3.49. The van der Waals surface area contributed by atoms with Gasteiger partial charge in [0, 0.05) is 13.1 Å². The molecule has 0 atom stereocenters. The first kappa shape index (κ1) is 16.6. The van der Waals surface area contributed by atoms with Gasteiger partial charge in [-0.1, -0.05) is 47.6 Å². The highest BCUT2D eigenvalue weighted by atomic mass is 35.5. The molecule has 1 aliphatic heterocycles. The highest BCUT2D eigenvalue weighted by Crippen LogP contribution is 2.30. The maximum absolute atomic E-state index is 12.2. The van der Waals surface area contributed by atoms with Gasteiger partial charge in [-0.15, -0.1) is 0 Å². The van der Waals surface area contributed by atoms with Crippen LogP contribution in [0.15, 0.2) is 29.2 Å². The van der Waals surface area contributed by atoms with Gasteiger partial charge < -0.3 is 4.90 Å². The second kappa shape index (κ2) is 7.12. The summed E-state index contributed by atoms with van der Waals surface area (Å²) >= 11 is 18.1. The number of hydrogen-bond donors (Lipinski definition) is 0. The SMILES string of the molecule is O=c1c(Cl)c(Cl)cnn1-c1ccc(N2CCCCCC2)c(Cl)c1. The van der Waals surface area contributed by atoms with Crippen LogP contribution in [0.4, 0.5) is 5.69 Å². The molecule has 1 saturated heterocycles. The second-order valence-electron chi connectivity index (χ2n) is 5.56. The second-order valence-corrected chi connectivity index (χ2v) is 6.75. The highest BCUT2D eigenvalue weighted by Gasteiger charge is 2.15. The van der Waals surface area contributed by atoms with Gasteiger partial charge in [-0.3, -0.25) is 4.79 Å². The Bertz CT molecular complexity index is 768. The lowest BCUT2D eigenvalue weighted by Gasteiger charge is -2.24. The fourth-order valence-electron chi connectivity index (χ4n) is 2.79. The predicted octanol–water partition coefficient (Wildman–Crippen LogP) is 4.57. The number of hydrogen-bond acceptors (Lipinski definition) is 3. The van der Waals surface area contributed by atoms with Gasteiger partial charge in [0.15, 0.2) is 0 Å². The third-order valence-corrected chi connectivity index (χ3v) is 5.05. The summed E-state index contributed by atoms with van der Waals surface area (Å²) in [6, 6.07) is 5.49. The van der Waals surface area contributed by atoms with Gasteiger partial charge >= 0.3 is 0 Å². The molecule has 3 rings (SSSR count). The molecule has 1 aromatic heterocycles. The van der Waals surface area contributed by atoms with Crippen molar-refractivity contribution >= 4 is 40.5 Å². The Morgan fingerprint density at radius 1 is 0.957 bits per heavy atom. The zero-order chi connectivity index (χ0) is 16.4. The molecule has 0 radical (unpaired) electrons. The quantitative estimate of drug-likeness (QED) is 0.775. The molecule has 7 heteroatoms. The van der Waals surface area contributed by atoms with Crippen molar-refractivity contribution in [3.63, 3.8) is 0 Å². The average molecular weight is 373 g/mol. The Labute approximate surface area is 149 Å². The summed E-state index contributed by atoms with van der Waals surface area (Å²) in [5.74, 6) is 0. The van der Waals surface area contributed by atoms with Crippen molar-refractivity contribution < 1.29 is 0 Å². The third-order valence-electron chi connectivity index (χ3n) is 4.00. The standard InChI is InChI=1S/C16H16Cl3N3O/c17-12-9-11(22-16(23)15(19)13(18)10-20-22)5-6-14(12)21-7-3-1-2-4-8-21/h5-6,9-10H,1-4,7-8H2. The van der Waals surface area contributed by atoms with Crippen molar-refractivity contribution in [2.24, 2.45) is 0 Å². The van der Waals surface area contributed by atoms with Crippen LogP contribution in [0.25, 0.3) is 5.69 Å². The van der Waals surface area contributed by atoms with Gasteiger partial charge in [0.25, 0.3) is 5.56 Å². The number of halogens is 3. The normalized spacial score (nSPS) is 15.5. The summed E-state index contributed by atoms with van der Waals surface area (Å²) in [7, 11) is 0. The molecule has 0 N–H and O–H groups in total. The van der Waals surface area contributed by atoms with Gasteiger partial charge in [0.05, 0.1) is 27.6 Å². The van der Waals surface area contributed by atoms with Crippen molar-refractivity contribution in [2.45, 2.75) is 25.7 Å². The maximum atomic E-state index is 12.2. The van der Waals surface area contributed by atoms with Crippen molar-refractivity contribution in [3.05, 3.63) is 49.8 Å². The lowest BCUT2D eigenvalue weighted by molar-refractivity contribution is 0.726. The zero-order valence-corrected chi connectivity index (χ0v) is 14.7. The van der Waals surface area contributed by atoms with Crippen molar-refractivity contribution in [3.8, 4) is 5.69 Å². The van der Waals surface area contributed by atoms with E-state index in [9.17, 15) is 4.79 Å². The molecule has 122 valence electrons. The zero-order valence-electron chi connectivity index (χ0n) is 12.4. The fraction of sp³-hybridized carbons (Fsp3) is 0.375. The molecule has 0 amide bonds. The van der Waals surface area contributed by atoms with Crippen molar-refractivity contribution in [2.75, 3.05) is 18.0 Å². The Morgan fingerprint density at radius 2 is 1.65 bits per heavy atom. The summed E-state index contributed by atoms with van der Waals surface area (Å²) in [4.78, 5) is 14.5. The Hall–Kier alpha value is -1.23. The largest absolute Gasteiger partial charge is 0.370 e. The minimum Gasteiger partial charge on any atom is -0.370 e. The number of anilines is 1. The lowest BCUT2D eigenvalue weighted by atomic mass is 10.2. The maximum Gasteiger partial charge on any atom is 0.291 e. The molecule has 2 heterocycles. The lowest BCUT2D eigenvalue weighted by Crippen LogP contribution is -2.25. The van der Waals surface area contributed by atoms with Crippen LogP contribution in [0, 0.1) is 0 Å². The van der Waals surface area contributed by atoms with Crippen LogP contribution in [0.2, 0.25) is 15.1 Å². The number of benzene rings is 1. The number of aromatic nitrogens is 2. The van der Waals surface area contributed by atoms with E-state index < -0.39 is 5.56 Å². The Kier molecular flexibility index (Phi) is 5.14. The van der Waals surface area contributed by atoms with Crippen molar-refractivity contribution in [1.82, 2.24) is 9.78 Å². The molecular formula is C16H16Cl3N3O. The fourth-order valence-corrected chi connectivity index (χ4v) is 3.34.